The van der Waals surface area contributed by atoms with Crippen LogP contribution in [-0.4, -0.2) is 33.6 Å². The summed E-state index contributed by atoms with van der Waals surface area (Å²) in [6, 6.07) is 0. The number of aliphatic hydroxyl groups is 3. The lowest BCUT2D eigenvalue weighted by Gasteiger charge is -2.04. The van der Waals surface area contributed by atoms with Crippen LogP contribution in [0.25, 0.3) is 0 Å². The largest absolute Gasteiger partial charge is 0.389 e. The maximum absolute atomic E-state index is 10.2. The van der Waals surface area contributed by atoms with Crippen LogP contribution in [-0.2, 0) is 0 Å². The van der Waals surface area contributed by atoms with E-state index in [1.54, 1.807) is 6.08 Å². The van der Waals surface area contributed by atoms with Gasteiger partial charge >= 0.3 is 0 Å². The molecule has 3 heteroatoms. The predicted octanol–water partition coefficient (Wildman–Crippen LogP) is 11.1. The average Bonchev–Trinajstić information content (AvgIpc) is 3.10. The molecule has 1 unspecified atom stereocenters. The molecule has 0 aromatic rings. The van der Waals surface area contributed by atoms with Crippen LogP contribution in [0.4, 0.5) is 0 Å². The molecule has 0 radical (unpaired) electrons. The van der Waals surface area contributed by atoms with Gasteiger partial charge in [0.1, 0.15) is 6.10 Å². The summed E-state index contributed by atoms with van der Waals surface area (Å²) >= 11 is 0. The Hall–Kier alpha value is -2.92. The van der Waals surface area contributed by atoms with Crippen molar-refractivity contribution in [2.45, 2.75) is 192 Å². The Labute approximate surface area is 303 Å². The van der Waals surface area contributed by atoms with Crippen molar-refractivity contribution in [3.05, 3.63) is 48.6 Å². The number of allylic oxidation sites excluding steroid dienone is 6. The van der Waals surface area contributed by atoms with E-state index in [4.69, 9.17) is 12.8 Å². The first-order chi connectivity index (χ1) is 24.1. The minimum absolute atomic E-state index is 0.366. The fourth-order valence-electron chi connectivity index (χ4n) is 5.44. The lowest BCUT2D eigenvalue weighted by atomic mass is 10.0. The highest BCUT2D eigenvalue weighted by molar-refractivity contribution is 5.19. The van der Waals surface area contributed by atoms with E-state index < -0.39 is 12.2 Å². The molecule has 0 rings (SSSR count). The first-order valence-corrected chi connectivity index (χ1v) is 19.7. The fraction of sp³-hybridized carbons (Fsp3) is 0.652. The van der Waals surface area contributed by atoms with Crippen molar-refractivity contribution in [1.82, 2.24) is 0 Å². The molecule has 0 amide bonds. The molecule has 0 saturated carbocycles. The first kappa shape index (κ1) is 46.1. The second-order valence-corrected chi connectivity index (χ2v) is 13.1. The summed E-state index contributed by atoms with van der Waals surface area (Å²) in [5.41, 5.74) is 0. The summed E-state index contributed by atoms with van der Waals surface area (Å²) in [7, 11) is 0. The summed E-state index contributed by atoms with van der Waals surface area (Å²) in [6.45, 7) is 0. The number of unbranched alkanes of at least 4 members (excludes halogenated alkanes) is 22. The van der Waals surface area contributed by atoms with Gasteiger partial charge in [-0.05, 0) is 89.2 Å². The lowest BCUT2D eigenvalue weighted by molar-refractivity contribution is 0.208. The summed E-state index contributed by atoms with van der Waals surface area (Å²) in [5.74, 6) is 16.5. The molecule has 0 aliphatic heterocycles. The van der Waals surface area contributed by atoms with Crippen LogP contribution < -0.4 is 0 Å². The highest BCUT2D eigenvalue weighted by Crippen LogP contribution is 2.14. The minimum Gasteiger partial charge on any atom is -0.389 e. The van der Waals surface area contributed by atoms with Gasteiger partial charge in [-0.2, -0.15) is 0 Å². The topological polar surface area (TPSA) is 60.7 Å². The van der Waals surface area contributed by atoms with Crippen molar-refractivity contribution >= 4 is 0 Å². The minimum atomic E-state index is -0.880. The van der Waals surface area contributed by atoms with E-state index in [-0.39, 0.29) is 6.10 Å². The smallest absolute Gasteiger partial charge is 0.176 e. The van der Waals surface area contributed by atoms with E-state index in [1.807, 2.05) is 24.3 Å². The second-order valence-electron chi connectivity index (χ2n) is 13.1. The van der Waals surface area contributed by atoms with Gasteiger partial charge in [-0.3, -0.25) is 0 Å². The van der Waals surface area contributed by atoms with Crippen LogP contribution in [0.1, 0.15) is 173 Å². The third-order valence-corrected chi connectivity index (χ3v) is 8.41. The third kappa shape index (κ3) is 39.4. The fourth-order valence-corrected chi connectivity index (χ4v) is 5.44. The van der Waals surface area contributed by atoms with E-state index >= 15 is 0 Å². The zero-order valence-corrected chi connectivity index (χ0v) is 30.9. The van der Waals surface area contributed by atoms with Crippen molar-refractivity contribution in [3.8, 4) is 48.4 Å². The maximum atomic E-state index is 10.2. The molecule has 0 heterocycles. The van der Waals surface area contributed by atoms with Crippen LogP contribution in [0.5, 0.6) is 0 Å². The van der Waals surface area contributed by atoms with Gasteiger partial charge in [0, 0.05) is 12.8 Å². The summed E-state index contributed by atoms with van der Waals surface area (Å²) in [4.78, 5) is 0. The number of hydrogen-bond acceptors (Lipinski definition) is 3. The SMILES string of the molecule is C#CC=CCCCCCCCCCCCCCCC=CCCCCC(O)/C=C/CCCC#C[C@H](O)C#CCCCCCC/C=C/[C@H](O)C#C. The Morgan fingerprint density at radius 2 is 0.878 bits per heavy atom. The first-order valence-electron chi connectivity index (χ1n) is 19.7. The zero-order chi connectivity index (χ0) is 35.7. The molecule has 0 aromatic heterocycles. The van der Waals surface area contributed by atoms with E-state index in [2.05, 4.69) is 53.8 Å². The Morgan fingerprint density at radius 3 is 1.43 bits per heavy atom. The van der Waals surface area contributed by atoms with E-state index in [0.717, 1.165) is 83.5 Å². The maximum Gasteiger partial charge on any atom is 0.176 e. The molecule has 0 aliphatic rings. The van der Waals surface area contributed by atoms with Gasteiger partial charge in [0.05, 0.1) is 6.10 Å². The van der Waals surface area contributed by atoms with E-state index in [1.165, 1.54) is 83.5 Å². The highest BCUT2D eigenvalue weighted by atomic mass is 16.3. The molecule has 0 fully saturated rings. The number of rotatable bonds is 31. The molecule has 3 nitrogen and oxygen atoms in total. The van der Waals surface area contributed by atoms with Crippen molar-refractivity contribution in [2.75, 3.05) is 0 Å². The van der Waals surface area contributed by atoms with Crippen molar-refractivity contribution in [2.24, 2.45) is 0 Å². The summed E-state index contributed by atoms with van der Waals surface area (Å²) in [6.07, 6.45) is 55.7. The molecular formula is C46H70O3. The monoisotopic (exact) mass is 671 g/mol. The normalized spacial score (nSPS) is 13.2. The van der Waals surface area contributed by atoms with Crippen molar-refractivity contribution in [1.29, 1.82) is 0 Å². The highest BCUT2D eigenvalue weighted by Gasteiger charge is 1.98. The zero-order valence-electron chi connectivity index (χ0n) is 30.9. The Kier molecular flexibility index (Phi) is 37.2. The Bertz CT molecular complexity index is 1060. The molecule has 3 N–H and O–H groups in total. The van der Waals surface area contributed by atoms with Gasteiger partial charge in [-0.15, -0.1) is 12.8 Å². The van der Waals surface area contributed by atoms with Crippen LogP contribution >= 0.6 is 0 Å². The summed E-state index contributed by atoms with van der Waals surface area (Å²) < 4.78 is 0. The number of terminal acetylenes is 2. The Morgan fingerprint density at radius 1 is 0.449 bits per heavy atom. The van der Waals surface area contributed by atoms with Gasteiger partial charge in [0.2, 0.25) is 0 Å². The standard InChI is InChI=1S/C46H70O3/c1-3-5-6-7-8-9-10-11-12-13-14-15-16-17-18-19-20-21-22-26-30-35-40-45(48)42-37-32-28-33-38-43-46(49)41-36-31-27-24-23-25-29-34-39-44(47)4-2/h1-2,5-6,21-22,34,37,39,42,44-49H,7-20,23-33,35,40H2/b6-5?,22-21?,39-34+,42-37+/t44-,45?,46-/m1/s1. The molecule has 0 saturated heterocycles. The Balaban J connectivity index is 3.52. The average molecular weight is 671 g/mol. The molecule has 0 bridgehead atoms. The van der Waals surface area contributed by atoms with Crippen LogP contribution in [0.15, 0.2) is 48.6 Å². The number of hydrogen-bond donors (Lipinski definition) is 3. The molecule has 49 heavy (non-hydrogen) atoms. The summed E-state index contributed by atoms with van der Waals surface area (Å²) in [5, 5.41) is 29.3. The van der Waals surface area contributed by atoms with Gasteiger partial charge < -0.3 is 15.3 Å². The van der Waals surface area contributed by atoms with Crippen LogP contribution in [0.3, 0.4) is 0 Å². The molecular weight excluding hydrogens is 601 g/mol. The van der Waals surface area contributed by atoms with Crippen molar-refractivity contribution in [3.63, 3.8) is 0 Å². The van der Waals surface area contributed by atoms with Crippen LogP contribution in [0, 0.1) is 48.4 Å². The van der Waals surface area contributed by atoms with Gasteiger partial charge in [0.25, 0.3) is 0 Å². The second kappa shape index (κ2) is 39.5. The predicted molar refractivity (Wildman–Crippen MR) is 212 cm³/mol. The van der Waals surface area contributed by atoms with Gasteiger partial charge in [0.15, 0.2) is 6.10 Å². The van der Waals surface area contributed by atoms with E-state index in [9.17, 15) is 15.3 Å². The van der Waals surface area contributed by atoms with Gasteiger partial charge in [-0.1, -0.05) is 155 Å². The number of aliphatic hydroxyl groups excluding tert-OH is 3. The quantitative estimate of drug-likeness (QED) is 0.0391. The molecule has 0 aromatic carbocycles. The molecule has 272 valence electrons. The molecule has 3 atom stereocenters. The molecule has 0 aliphatic carbocycles. The van der Waals surface area contributed by atoms with Crippen molar-refractivity contribution < 1.29 is 15.3 Å². The van der Waals surface area contributed by atoms with Crippen LogP contribution in [0.2, 0.25) is 0 Å². The van der Waals surface area contributed by atoms with E-state index in [0.29, 0.717) is 6.42 Å². The lowest BCUT2D eigenvalue weighted by Crippen LogP contribution is -2.01. The van der Waals surface area contributed by atoms with Gasteiger partial charge in [-0.25, -0.2) is 0 Å². The molecule has 0 spiro atoms. The third-order valence-electron chi connectivity index (χ3n) is 8.41.